The number of hydrogen-bond acceptors (Lipinski definition) is 4. The molecule has 0 radical (unpaired) electrons. The van der Waals surface area contributed by atoms with Crippen molar-refractivity contribution in [3.8, 4) is 23.1 Å². The fraction of sp³-hybridized carbons (Fsp3) is 0.318. The number of likely N-dealkylation sites (N-methyl/N-ethyl adjacent to an activating group) is 1. The molecule has 152 valence electrons. The molecule has 29 heavy (non-hydrogen) atoms. The van der Waals surface area contributed by atoms with Crippen molar-refractivity contribution >= 4 is 21.6 Å². The zero-order valence-corrected chi connectivity index (χ0v) is 17.0. The van der Waals surface area contributed by atoms with Crippen LogP contribution in [0.3, 0.4) is 0 Å². The smallest absolute Gasteiger partial charge is 0.383 e. The van der Waals surface area contributed by atoms with Crippen LogP contribution in [-0.4, -0.2) is 43.1 Å². The van der Waals surface area contributed by atoms with Crippen LogP contribution in [0.15, 0.2) is 42.5 Å². The summed E-state index contributed by atoms with van der Waals surface area (Å²) in [7, 11) is 3.72. The van der Waals surface area contributed by atoms with Crippen molar-refractivity contribution in [2.24, 2.45) is 0 Å². The lowest BCUT2D eigenvalue weighted by Gasteiger charge is -2.13. The van der Waals surface area contributed by atoms with Crippen molar-refractivity contribution in [1.29, 1.82) is 0 Å². The monoisotopic (exact) mass is 418 g/mol. The van der Waals surface area contributed by atoms with E-state index in [0.29, 0.717) is 17.9 Å². The van der Waals surface area contributed by atoms with Crippen LogP contribution in [0.2, 0.25) is 0 Å². The maximum absolute atomic E-state index is 12.8. The van der Waals surface area contributed by atoms with Crippen LogP contribution >= 0.6 is 11.5 Å². The second kappa shape index (κ2) is 9.40. The molecule has 0 fully saturated rings. The second-order valence-corrected chi connectivity index (χ2v) is 7.47. The highest BCUT2D eigenvalue weighted by Gasteiger charge is 2.30. The molecule has 3 nitrogen and oxygen atoms in total. The molecular weight excluding hydrogens is 397 g/mol. The summed E-state index contributed by atoms with van der Waals surface area (Å²) in [4.78, 5) is 2.17. The molecule has 0 spiro atoms. The number of fused-ring (bicyclic) bond motifs is 1. The number of methoxy groups -OCH3 is 1. The second-order valence-electron chi connectivity index (χ2n) is 6.67. The van der Waals surface area contributed by atoms with E-state index in [4.69, 9.17) is 4.74 Å². The first-order valence-electron chi connectivity index (χ1n) is 9.12. The van der Waals surface area contributed by atoms with Gasteiger partial charge in [-0.3, -0.25) is 0 Å². The van der Waals surface area contributed by atoms with Crippen molar-refractivity contribution in [1.82, 2.24) is 9.27 Å². The molecule has 0 amide bonds. The van der Waals surface area contributed by atoms with E-state index in [2.05, 4.69) is 21.1 Å². The summed E-state index contributed by atoms with van der Waals surface area (Å²) in [6.07, 6.45) is -3.58. The summed E-state index contributed by atoms with van der Waals surface area (Å²) < 4.78 is 48.7. The summed E-state index contributed by atoms with van der Waals surface area (Å²) in [5, 5.41) is 0.916. The van der Waals surface area contributed by atoms with Gasteiger partial charge in [-0.2, -0.15) is 17.5 Å². The van der Waals surface area contributed by atoms with Gasteiger partial charge in [-0.05, 0) is 42.8 Å². The lowest BCUT2D eigenvalue weighted by molar-refractivity contribution is -0.137. The van der Waals surface area contributed by atoms with E-state index in [1.807, 2.05) is 25.2 Å². The number of rotatable bonds is 6. The van der Waals surface area contributed by atoms with Crippen LogP contribution < -0.4 is 0 Å². The Kier molecular flexibility index (Phi) is 6.91. The molecule has 1 heterocycles. The maximum Gasteiger partial charge on any atom is 0.416 e. The highest BCUT2D eigenvalue weighted by Crippen LogP contribution is 2.34. The predicted octanol–water partition coefficient (Wildman–Crippen LogP) is 5.30. The van der Waals surface area contributed by atoms with Gasteiger partial charge in [0.1, 0.15) is 0 Å². The molecule has 3 aromatic rings. The topological polar surface area (TPSA) is 25.4 Å². The minimum atomic E-state index is -4.34. The third-order valence-electron chi connectivity index (χ3n) is 4.49. The number of nitrogens with zero attached hydrogens (tertiary/aromatic N) is 2. The molecule has 0 atom stereocenters. The van der Waals surface area contributed by atoms with Gasteiger partial charge in [0.05, 0.1) is 22.6 Å². The number of aromatic nitrogens is 1. The fourth-order valence-electron chi connectivity index (χ4n) is 2.81. The first kappa shape index (κ1) is 21.3. The summed E-state index contributed by atoms with van der Waals surface area (Å²) in [5.74, 6) is 6.35. The average molecular weight is 418 g/mol. The Morgan fingerprint density at radius 1 is 1.10 bits per heavy atom. The fourth-order valence-corrected chi connectivity index (χ4v) is 3.65. The van der Waals surface area contributed by atoms with E-state index < -0.39 is 11.7 Å². The SMILES string of the molecule is COCCN(C)CCC#Cc1ccc2c(-c3ccc(C(F)(F)F)cc3)nsc2c1. The normalized spacial score (nSPS) is 11.7. The predicted molar refractivity (Wildman–Crippen MR) is 111 cm³/mol. The number of benzene rings is 2. The van der Waals surface area contributed by atoms with Gasteiger partial charge in [0.2, 0.25) is 0 Å². The van der Waals surface area contributed by atoms with Crippen molar-refractivity contribution in [3.63, 3.8) is 0 Å². The molecule has 0 bridgehead atoms. The molecule has 0 aliphatic rings. The first-order chi connectivity index (χ1) is 13.9. The molecule has 7 heteroatoms. The summed E-state index contributed by atoms with van der Waals surface area (Å²) >= 11 is 1.32. The van der Waals surface area contributed by atoms with E-state index in [0.717, 1.165) is 47.3 Å². The van der Waals surface area contributed by atoms with Crippen molar-refractivity contribution in [3.05, 3.63) is 53.6 Å². The molecule has 2 aromatic carbocycles. The number of hydrogen-bond donors (Lipinski definition) is 0. The molecule has 0 N–H and O–H groups in total. The standard InChI is InChI=1S/C22H21F3N2OS/c1-27(13-14-28-2)12-4-3-5-16-6-11-19-20(15-16)29-26-21(19)17-7-9-18(10-8-17)22(23,24)25/h6-11,15H,4,12-14H2,1-2H3. The van der Waals surface area contributed by atoms with Crippen LogP contribution in [0.5, 0.6) is 0 Å². The van der Waals surface area contributed by atoms with Gasteiger partial charge in [0.25, 0.3) is 0 Å². The summed E-state index contributed by atoms with van der Waals surface area (Å²) in [5.41, 5.74) is 1.60. The van der Waals surface area contributed by atoms with E-state index in [1.165, 1.54) is 23.7 Å². The summed E-state index contributed by atoms with van der Waals surface area (Å²) in [6.45, 7) is 2.45. The van der Waals surface area contributed by atoms with Gasteiger partial charge in [0.15, 0.2) is 0 Å². The lowest BCUT2D eigenvalue weighted by Crippen LogP contribution is -2.23. The molecule has 0 aliphatic carbocycles. The Morgan fingerprint density at radius 2 is 1.86 bits per heavy atom. The van der Waals surface area contributed by atoms with E-state index in [9.17, 15) is 13.2 Å². The van der Waals surface area contributed by atoms with Gasteiger partial charge >= 0.3 is 6.18 Å². The molecule has 0 saturated heterocycles. The quantitative estimate of drug-likeness (QED) is 0.508. The number of halogens is 3. The van der Waals surface area contributed by atoms with Crippen LogP contribution in [0, 0.1) is 11.8 Å². The van der Waals surface area contributed by atoms with Crippen molar-refractivity contribution < 1.29 is 17.9 Å². The molecule has 1 aromatic heterocycles. The Hall–Kier alpha value is -2.40. The van der Waals surface area contributed by atoms with Gasteiger partial charge in [0, 0.05) is 43.1 Å². The van der Waals surface area contributed by atoms with E-state index >= 15 is 0 Å². The van der Waals surface area contributed by atoms with Crippen molar-refractivity contribution in [2.75, 3.05) is 33.9 Å². The Morgan fingerprint density at radius 3 is 2.55 bits per heavy atom. The molecule has 0 aliphatic heterocycles. The summed E-state index contributed by atoms with van der Waals surface area (Å²) in [6, 6.07) is 10.9. The minimum Gasteiger partial charge on any atom is -0.383 e. The third-order valence-corrected chi connectivity index (χ3v) is 5.29. The average Bonchev–Trinajstić information content (AvgIpc) is 3.12. The Balaban J connectivity index is 1.71. The highest BCUT2D eigenvalue weighted by atomic mass is 32.1. The zero-order chi connectivity index (χ0) is 20.9. The van der Waals surface area contributed by atoms with E-state index in [-0.39, 0.29) is 0 Å². The van der Waals surface area contributed by atoms with Crippen LogP contribution in [0.1, 0.15) is 17.5 Å². The van der Waals surface area contributed by atoms with Crippen LogP contribution in [-0.2, 0) is 10.9 Å². The molecule has 0 saturated carbocycles. The third kappa shape index (κ3) is 5.57. The Labute approximate surface area is 172 Å². The van der Waals surface area contributed by atoms with Crippen LogP contribution in [0.25, 0.3) is 21.3 Å². The van der Waals surface area contributed by atoms with Gasteiger partial charge in [-0.15, -0.1) is 0 Å². The minimum absolute atomic E-state index is 0.661. The number of ether oxygens (including phenoxy) is 1. The molecule has 3 rings (SSSR count). The van der Waals surface area contributed by atoms with Gasteiger partial charge < -0.3 is 9.64 Å². The van der Waals surface area contributed by atoms with E-state index in [1.54, 1.807) is 7.11 Å². The van der Waals surface area contributed by atoms with Crippen molar-refractivity contribution in [2.45, 2.75) is 12.6 Å². The maximum atomic E-state index is 12.8. The lowest BCUT2D eigenvalue weighted by atomic mass is 10.0. The zero-order valence-electron chi connectivity index (χ0n) is 16.2. The van der Waals surface area contributed by atoms with Gasteiger partial charge in [-0.25, -0.2) is 0 Å². The largest absolute Gasteiger partial charge is 0.416 e. The highest BCUT2D eigenvalue weighted by molar-refractivity contribution is 7.13. The van der Waals surface area contributed by atoms with Crippen LogP contribution in [0.4, 0.5) is 13.2 Å². The first-order valence-corrected chi connectivity index (χ1v) is 9.89. The number of alkyl halides is 3. The molecule has 0 unspecified atom stereocenters. The Bertz CT molecular complexity index is 1020. The molecular formula is C22H21F3N2OS. The van der Waals surface area contributed by atoms with Gasteiger partial charge in [-0.1, -0.05) is 30.0 Å².